The molecular weight excluding hydrogens is 308 g/mol. The van der Waals surface area contributed by atoms with Crippen LogP contribution in [0.25, 0.3) is 22.2 Å². The fourth-order valence-electron chi connectivity index (χ4n) is 3.65. The van der Waals surface area contributed by atoms with Crippen LogP contribution < -0.4 is 0 Å². The molecular formula is C22H22N2O. The fraction of sp³-hybridized carbons (Fsp3) is 0.273. The van der Waals surface area contributed by atoms with Crippen molar-refractivity contribution in [3.05, 3.63) is 65.2 Å². The summed E-state index contributed by atoms with van der Waals surface area (Å²) in [4.78, 5) is 20.1. The van der Waals surface area contributed by atoms with Crippen molar-refractivity contribution >= 4 is 16.8 Å². The molecule has 0 aliphatic carbocycles. The number of fused-ring (bicyclic) bond motifs is 1. The van der Waals surface area contributed by atoms with E-state index in [0.717, 1.165) is 59.2 Å². The minimum atomic E-state index is 0.141. The number of likely N-dealkylation sites (tertiary alicyclic amines) is 1. The number of hydrogen-bond acceptors (Lipinski definition) is 2. The van der Waals surface area contributed by atoms with Gasteiger partial charge >= 0.3 is 0 Å². The Labute approximate surface area is 148 Å². The van der Waals surface area contributed by atoms with Crippen LogP contribution >= 0.6 is 0 Å². The average molecular weight is 330 g/mol. The maximum Gasteiger partial charge on any atom is 0.254 e. The smallest absolute Gasteiger partial charge is 0.254 e. The third kappa shape index (κ3) is 2.80. The summed E-state index contributed by atoms with van der Waals surface area (Å²) < 4.78 is 0. The van der Waals surface area contributed by atoms with Crippen LogP contribution in [0.4, 0.5) is 0 Å². The van der Waals surface area contributed by atoms with E-state index in [1.807, 2.05) is 36.1 Å². The molecule has 25 heavy (non-hydrogen) atoms. The van der Waals surface area contributed by atoms with Crippen molar-refractivity contribution in [2.45, 2.75) is 26.7 Å². The highest BCUT2D eigenvalue weighted by Crippen LogP contribution is 2.31. The molecule has 3 nitrogen and oxygen atoms in total. The van der Waals surface area contributed by atoms with E-state index in [0.29, 0.717) is 0 Å². The van der Waals surface area contributed by atoms with Gasteiger partial charge in [-0.1, -0.05) is 48.0 Å². The lowest BCUT2D eigenvalue weighted by atomic mass is 9.96. The SMILES string of the molecule is Cc1ccc(-c2nc3ccccc3c(C(=O)N3CCCC3)c2C)cc1. The normalized spacial score (nSPS) is 14.2. The predicted molar refractivity (Wildman–Crippen MR) is 102 cm³/mol. The van der Waals surface area contributed by atoms with Gasteiger partial charge in [0, 0.05) is 24.0 Å². The van der Waals surface area contributed by atoms with Gasteiger partial charge in [0.15, 0.2) is 0 Å². The molecule has 1 aliphatic heterocycles. The van der Waals surface area contributed by atoms with Gasteiger partial charge < -0.3 is 4.90 Å². The van der Waals surface area contributed by atoms with Crippen molar-refractivity contribution in [3.8, 4) is 11.3 Å². The topological polar surface area (TPSA) is 33.2 Å². The summed E-state index contributed by atoms with van der Waals surface area (Å²) in [5.41, 5.74) is 5.84. The molecule has 0 N–H and O–H groups in total. The van der Waals surface area contributed by atoms with Crippen LogP contribution in [-0.4, -0.2) is 28.9 Å². The summed E-state index contributed by atoms with van der Waals surface area (Å²) in [7, 11) is 0. The molecule has 0 unspecified atom stereocenters. The van der Waals surface area contributed by atoms with Crippen molar-refractivity contribution in [2.75, 3.05) is 13.1 Å². The number of amides is 1. The van der Waals surface area contributed by atoms with Crippen LogP contribution in [-0.2, 0) is 0 Å². The summed E-state index contributed by atoms with van der Waals surface area (Å²) in [6.45, 7) is 5.81. The molecule has 1 fully saturated rings. The highest BCUT2D eigenvalue weighted by Gasteiger charge is 2.25. The third-order valence-corrected chi connectivity index (χ3v) is 5.07. The summed E-state index contributed by atoms with van der Waals surface area (Å²) in [6, 6.07) is 16.3. The van der Waals surface area contributed by atoms with E-state index in [1.54, 1.807) is 0 Å². The summed E-state index contributed by atoms with van der Waals surface area (Å²) in [5, 5.41) is 0.952. The van der Waals surface area contributed by atoms with Crippen LogP contribution in [0.1, 0.15) is 34.3 Å². The largest absolute Gasteiger partial charge is 0.339 e. The zero-order valence-corrected chi connectivity index (χ0v) is 14.7. The molecule has 3 heteroatoms. The minimum absolute atomic E-state index is 0.141. The van der Waals surface area contributed by atoms with E-state index in [-0.39, 0.29) is 5.91 Å². The van der Waals surface area contributed by atoms with Crippen LogP contribution in [0.3, 0.4) is 0 Å². The summed E-state index contributed by atoms with van der Waals surface area (Å²) in [5.74, 6) is 0.141. The molecule has 0 atom stereocenters. The van der Waals surface area contributed by atoms with Gasteiger partial charge in [-0.15, -0.1) is 0 Å². The summed E-state index contributed by atoms with van der Waals surface area (Å²) >= 11 is 0. The molecule has 2 heterocycles. The average Bonchev–Trinajstić information content (AvgIpc) is 3.16. The highest BCUT2D eigenvalue weighted by atomic mass is 16.2. The number of nitrogens with zero attached hydrogens (tertiary/aromatic N) is 2. The Morgan fingerprint density at radius 1 is 0.960 bits per heavy atom. The molecule has 1 saturated heterocycles. The Morgan fingerprint density at radius 3 is 2.36 bits per heavy atom. The molecule has 4 rings (SSSR count). The molecule has 126 valence electrons. The standard InChI is InChI=1S/C22H22N2O/c1-15-9-11-17(12-10-15)21-16(2)20(22(25)24-13-5-6-14-24)18-7-3-4-8-19(18)23-21/h3-4,7-12H,5-6,13-14H2,1-2H3. The van der Waals surface area contributed by atoms with Gasteiger partial charge in [-0.05, 0) is 38.3 Å². The van der Waals surface area contributed by atoms with Gasteiger partial charge in [0.25, 0.3) is 5.91 Å². The molecule has 0 radical (unpaired) electrons. The van der Waals surface area contributed by atoms with E-state index in [2.05, 4.69) is 31.2 Å². The fourth-order valence-corrected chi connectivity index (χ4v) is 3.65. The van der Waals surface area contributed by atoms with Gasteiger partial charge in [0.1, 0.15) is 0 Å². The number of carbonyl (C=O) groups is 1. The van der Waals surface area contributed by atoms with Crippen molar-refractivity contribution < 1.29 is 4.79 Å². The number of para-hydroxylation sites is 1. The molecule has 1 aromatic heterocycles. The first-order valence-corrected chi connectivity index (χ1v) is 8.91. The zero-order valence-electron chi connectivity index (χ0n) is 14.7. The van der Waals surface area contributed by atoms with Crippen molar-refractivity contribution in [1.82, 2.24) is 9.88 Å². The third-order valence-electron chi connectivity index (χ3n) is 5.07. The number of rotatable bonds is 2. The van der Waals surface area contributed by atoms with E-state index in [1.165, 1.54) is 5.56 Å². The highest BCUT2D eigenvalue weighted by molar-refractivity contribution is 6.09. The predicted octanol–water partition coefficient (Wildman–Crippen LogP) is 4.75. The molecule has 0 spiro atoms. The molecule has 3 aromatic rings. The monoisotopic (exact) mass is 330 g/mol. The maximum absolute atomic E-state index is 13.2. The van der Waals surface area contributed by atoms with Gasteiger partial charge in [-0.2, -0.15) is 0 Å². The first-order chi connectivity index (χ1) is 12.1. The molecule has 1 amide bonds. The van der Waals surface area contributed by atoms with Gasteiger partial charge in [0.05, 0.1) is 16.8 Å². The summed E-state index contributed by atoms with van der Waals surface area (Å²) in [6.07, 6.45) is 2.19. The Balaban J connectivity index is 1.94. The van der Waals surface area contributed by atoms with Crippen LogP contribution in [0.15, 0.2) is 48.5 Å². The zero-order chi connectivity index (χ0) is 17.4. The van der Waals surface area contributed by atoms with E-state index < -0.39 is 0 Å². The first kappa shape index (κ1) is 15.8. The Bertz CT molecular complexity index is 938. The number of carbonyl (C=O) groups excluding carboxylic acids is 1. The second-order valence-corrected chi connectivity index (χ2v) is 6.84. The Kier molecular flexibility index (Phi) is 4.00. The second kappa shape index (κ2) is 6.32. The Morgan fingerprint density at radius 2 is 1.64 bits per heavy atom. The maximum atomic E-state index is 13.2. The molecule has 1 aliphatic rings. The van der Waals surface area contributed by atoms with Crippen molar-refractivity contribution in [3.63, 3.8) is 0 Å². The van der Waals surface area contributed by atoms with E-state index in [9.17, 15) is 4.79 Å². The lowest BCUT2D eigenvalue weighted by molar-refractivity contribution is 0.0794. The van der Waals surface area contributed by atoms with Crippen LogP contribution in [0.5, 0.6) is 0 Å². The lowest BCUT2D eigenvalue weighted by Gasteiger charge is -2.20. The Hall–Kier alpha value is -2.68. The van der Waals surface area contributed by atoms with Gasteiger partial charge in [-0.3, -0.25) is 4.79 Å². The number of benzene rings is 2. The van der Waals surface area contributed by atoms with E-state index >= 15 is 0 Å². The molecule has 0 bridgehead atoms. The molecule has 2 aromatic carbocycles. The second-order valence-electron chi connectivity index (χ2n) is 6.84. The van der Waals surface area contributed by atoms with Gasteiger partial charge in [0.2, 0.25) is 0 Å². The number of aromatic nitrogens is 1. The number of hydrogen-bond donors (Lipinski definition) is 0. The minimum Gasteiger partial charge on any atom is -0.339 e. The van der Waals surface area contributed by atoms with Crippen molar-refractivity contribution in [2.24, 2.45) is 0 Å². The van der Waals surface area contributed by atoms with Gasteiger partial charge in [-0.25, -0.2) is 4.98 Å². The van der Waals surface area contributed by atoms with Crippen LogP contribution in [0.2, 0.25) is 0 Å². The molecule has 0 saturated carbocycles. The van der Waals surface area contributed by atoms with Crippen molar-refractivity contribution in [1.29, 1.82) is 0 Å². The lowest BCUT2D eigenvalue weighted by Crippen LogP contribution is -2.28. The quantitative estimate of drug-likeness (QED) is 0.679. The number of aryl methyl sites for hydroxylation is 1. The number of pyridine rings is 1. The van der Waals surface area contributed by atoms with E-state index in [4.69, 9.17) is 4.98 Å². The first-order valence-electron chi connectivity index (χ1n) is 8.91. The van der Waals surface area contributed by atoms with Crippen LogP contribution in [0, 0.1) is 13.8 Å².